The lowest BCUT2D eigenvalue weighted by molar-refractivity contribution is 0.518. The van der Waals surface area contributed by atoms with Crippen molar-refractivity contribution in [2.45, 2.75) is 52.9 Å². The fourth-order valence-corrected chi connectivity index (χ4v) is 4.95. The monoisotopic (exact) mass is 326 g/mol. The van der Waals surface area contributed by atoms with E-state index in [-0.39, 0.29) is 10.8 Å². The summed E-state index contributed by atoms with van der Waals surface area (Å²) in [5, 5.41) is 0. The smallest absolute Gasteiger partial charge is 0.0162 e. The van der Waals surface area contributed by atoms with Crippen LogP contribution in [0.3, 0.4) is 0 Å². The fourth-order valence-electron chi connectivity index (χ4n) is 4.95. The zero-order chi connectivity index (χ0) is 17.6. The van der Waals surface area contributed by atoms with E-state index in [1.807, 2.05) is 0 Å². The zero-order valence-corrected chi connectivity index (χ0v) is 16.0. The van der Waals surface area contributed by atoms with E-state index in [2.05, 4.69) is 77.1 Å². The van der Waals surface area contributed by atoms with E-state index >= 15 is 0 Å². The van der Waals surface area contributed by atoms with Crippen LogP contribution in [-0.4, -0.2) is 0 Å². The summed E-state index contributed by atoms with van der Waals surface area (Å²) in [4.78, 5) is 0. The van der Waals surface area contributed by atoms with Crippen molar-refractivity contribution in [2.24, 2.45) is 5.41 Å². The molecule has 0 spiro atoms. The van der Waals surface area contributed by atoms with Gasteiger partial charge in [-0.15, -0.1) is 0 Å². The Bertz CT molecular complexity index is 987. The largest absolute Gasteiger partial charge is 0.0763 e. The third kappa shape index (κ3) is 2.00. The Balaban J connectivity index is 1.68. The van der Waals surface area contributed by atoms with Crippen LogP contribution in [-0.2, 0) is 11.8 Å². The first-order valence-electron chi connectivity index (χ1n) is 9.49. The van der Waals surface area contributed by atoms with Crippen LogP contribution in [0.25, 0.3) is 16.7 Å². The first-order chi connectivity index (χ1) is 11.8. The van der Waals surface area contributed by atoms with Crippen LogP contribution >= 0.6 is 0 Å². The maximum atomic E-state index is 2.50. The van der Waals surface area contributed by atoms with Gasteiger partial charge in [-0.25, -0.2) is 0 Å². The summed E-state index contributed by atoms with van der Waals surface area (Å²) in [6.07, 6.45) is 7.08. The van der Waals surface area contributed by atoms with Crippen LogP contribution in [0.4, 0.5) is 0 Å². The minimum absolute atomic E-state index is 0.234. The van der Waals surface area contributed by atoms with Gasteiger partial charge in [-0.2, -0.15) is 0 Å². The van der Waals surface area contributed by atoms with E-state index in [9.17, 15) is 0 Å². The normalized spacial score (nSPS) is 19.1. The molecule has 0 atom stereocenters. The second-order valence-corrected chi connectivity index (χ2v) is 9.44. The van der Waals surface area contributed by atoms with Gasteiger partial charge in [0.05, 0.1) is 0 Å². The van der Waals surface area contributed by atoms with E-state index in [1.54, 1.807) is 16.7 Å². The molecule has 0 heteroatoms. The van der Waals surface area contributed by atoms with Crippen LogP contribution in [0.1, 0.15) is 68.9 Å². The van der Waals surface area contributed by atoms with Gasteiger partial charge in [-0.3, -0.25) is 0 Å². The summed E-state index contributed by atoms with van der Waals surface area (Å²) < 4.78 is 0. The molecule has 3 aliphatic rings. The average molecular weight is 326 g/mol. The molecule has 0 bridgehead atoms. The summed E-state index contributed by atoms with van der Waals surface area (Å²) in [6, 6.07) is 11.5. The zero-order valence-electron chi connectivity index (χ0n) is 16.0. The highest BCUT2D eigenvalue weighted by Crippen LogP contribution is 2.59. The maximum absolute atomic E-state index is 2.50. The SMILES string of the molecule is CC(C)(C)C1=CCC(c2cc3c(c4c2C4(C)C)Cc2ccccc2-3)=C1. The van der Waals surface area contributed by atoms with E-state index in [0.29, 0.717) is 0 Å². The van der Waals surface area contributed by atoms with E-state index in [4.69, 9.17) is 0 Å². The molecule has 5 rings (SSSR count). The molecule has 0 nitrogen and oxygen atoms in total. The maximum Gasteiger partial charge on any atom is 0.0162 e. The Labute approximate surface area is 151 Å². The predicted octanol–water partition coefficient (Wildman–Crippen LogP) is 6.66. The van der Waals surface area contributed by atoms with E-state index < -0.39 is 0 Å². The van der Waals surface area contributed by atoms with E-state index in [1.165, 1.54) is 33.4 Å². The Morgan fingerprint density at radius 3 is 2.40 bits per heavy atom. The van der Waals surface area contributed by atoms with Crippen LogP contribution in [0, 0.1) is 5.41 Å². The topological polar surface area (TPSA) is 0 Å². The average Bonchev–Trinajstić information content (AvgIpc) is 2.96. The number of fused-ring (bicyclic) bond motifs is 5. The lowest BCUT2D eigenvalue weighted by Gasteiger charge is -2.18. The molecule has 2 aromatic carbocycles. The van der Waals surface area contributed by atoms with Gasteiger partial charge < -0.3 is 0 Å². The van der Waals surface area contributed by atoms with Gasteiger partial charge in [0.25, 0.3) is 0 Å². The summed E-state index contributed by atoms with van der Waals surface area (Å²) in [7, 11) is 0. The molecule has 0 N–H and O–H groups in total. The minimum Gasteiger partial charge on any atom is -0.0763 e. The summed E-state index contributed by atoms with van der Waals surface area (Å²) >= 11 is 0. The Morgan fingerprint density at radius 1 is 0.920 bits per heavy atom. The number of allylic oxidation sites excluding steroid dienone is 4. The van der Waals surface area contributed by atoms with Gasteiger partial charge in [0, 0.05) is 5.41 Å². The van der Waals surface area contributed by atoms with Crippen LogP contribution in [0.15, 0.2) is 48.1 Å². The fraction of sp³-hybridized carbons (Fsp3) is 0.360. The summed E-state index contributed by atoms with van der Waals surface area (Å²) in [5.41, 5.74) is 14.2. The van der Waals surface area contributed by atoms with Gasteiger partial charge in [0.1, 0.15) is 0 Å². The van der Waals surface area contributed by atoms with Crippen molar-refractivity contribution >= 4 is 5.57 Å². The molecule has 0 fully saturated rings. The Morgan fingerprint density at radius 2 is 1.68 bits per heavy atom. The van der Waals surface area contributed by atoms with Crippen molar-refractivity contribution in [3.8, 4) is 11.1 Å². The number of hydrogen-bond acceptors (Lipinski definition) is 0. The van der Waals surface area contributed by atoms with Crippen molar-refractivity contribution in [3.63, 3.8) is 0 Å². The molecule has 0 radical (unpaired) electrons. The third-order valence-corrected chi connectivity index (χ3v) is 6.38. The second-order valence-electron chi connectivity index (χ2n) is 9.44. The van der Waals surface area contributed by atoms with Crippen LogP contribution in [0.5, 0.6) is 0 Å². The number of hydrogen-bond donors (Lipinski definition) is 0. The van der Waals surface area contributed by atoms with Gasteiger partial charge in [0.2, 0.25) is 0 Å². The molecule has 2 aromatic rings. The standard InChI is InChI=1S/C25H26/c1-24(2,3)17-11-10-16(12-17)19-14-20-18-9-7-6-8-15(18)13-21(20)23-22(19)25(23,4)5/h6-9,11-12,14H,10,13H2,1-5H3. The molecular formula is C25H26. The van der Waals surface area contributed by atoms with E-state index in [0.717, 1.165) is 12.8 Å². The van der Waals surface area contributed by atoms with Gasteiger partial charge in [-0.05, 0) is 74.4 Å². The minimum atomic E-state index is 0.234. The Kier molecular flexibility index (Phi) is 2.77. The molecule has 0 aromatic heterocycles. The first-order valence-corrected chi connectivity index (χ1v) is 9.49. The van der Waals surface area contributed by atoms with Gasteiger partial charge in [-0.1, -0.05) is 71.0 Å². The highest BCUT2D eigenvalue weighted by atomic mass is 14.5. The quantitative estimate of drug-likeness (QED) is 0.469. The molecule has 0 heterocycles. The van der Waals surface area contributed by atoms with Crippen molar-refractivity contribution in [3.05, 3.63) is 75.9 Å². The van der Waals surface area contributed by atoms with Crippen LogP contribution < -0.4 is 0 Å². The van der Waals surface area contributed by atoms with Gasteiger partial charge >= 0.3 is 0 Å². The van der Waals surface area contributed by atoms with Crippen molar-refractivity contribution in [1.82, 2.24) is 0 Å². The van der Waals surface area contributed by atoms with Crippen LogP contribution in [0.2, 0.25) is 0 Å². The van der Waals surface area contributed by atoms with Crippen molar-refractivity contribution in [1.29, 1.82) is 0 Å². The Hall–Kier alpha value is -2.08. The highest BCUT2D eigenvalue weighted by Gasteiger charge is 2.48. The van der Waals surface area contributed by atoms with Crippen molar-refractivity contribution in [2.75, 3.05) is 0 Å². The van der Waals surface area contributed by atoms with Crippen molar-refractivity contribution < 1.29 is 0 Å². The molecule has 0 saturated heterocycles. The number of rotatable bonds is 1. The lowest BCUT2D eigenvalue weighted by atomic mass is 9.87. The molecule has 0 unspecified atom stereocenters. The molecule has 126 valence electrons. The molecule has 0 amide bonds. The molecule has 3 aliphatic carbocycles. The summed E-state index contributed by atoms with van der Waals surface area (Å²) in [5.74, 6) is 0. The molecular weight excluding hydrogens is 300 g/mol. The first kappa shape index (κ1) is 15.2. The third-order valence-electron chi connectivity index (χ3n) is 6.38. The second kappa shape index (κ2) is 4.55. The summed E-state index contributed by atoms with van der Waals surface area (Å²) in [6.45, 7) is 11.7. The lowest BCUT2D eigenvalue weighted by Crippen LogP contribution is -2.05. The molecule has 0 saturated carbocycles. The predicted molar refractivity (Wildman–Crippen MR) is 107 cm³/mol. The molecule has 0 aliphatic heterocycles. The van der Waals surface area contributed by atoms with Gasteiger partial charge in [0.15, 0.2) is 0 Å². The highest BCUT2D eigenvalue weighted by molar-refractivity contribution is 5.91. The number of benzene rings is 2. The molecule has 25 heavy (non-hydrogen) atoms.